The monoisotopic (exact) mass is 211 g/mol. The van der Waals surface area contributed by atoms with Gasteiger partial charge < -0.3 is 10.5 Å². The number of hydrogen-bond acceptors (Lipinski definition) is 4. The summed E-state index contributed by atoms with van der Waals surface area (Å²) in [6, 6.07) is 0. The molecule has 0 unspecified atom stereocenters. The molecule has 0 saturated heterocycles. The van der Waals surface area contributed by atoms with E-state index in [9.17, 15) is 0 Å². The number of nitrogens with one attached hydrogen (secondary N) is 1. The van der Waals surface area contributed by atoms with Gasteiger partial charge in [0.2, 0.25) is 0 Å². The van der Waals surface area contributed by atoms with Crippen molar-refractivity contribution in [1.29, 1.82) is 5.41 Å². The molecule has 0 radical (unpaired) electrons. The number of nitrogens with two attached hydrogens (primary N) is 1. The number of thiazole rings is 1. The van der Waals surface area contributed by atoms with Crippen molar-refractivity contribution in [2.24, 2.45) is 5.73 Å². The van der Waals surface area contributed by atoms with Crippen molar-refractivity contribution in [3.8, 4) is 0 Å². The quantitative estimate of drug-likeness (QED) is 0.585. The lowest BCUT2D eigenvalue weighted by molar-refractivity contribution is 0.182. The van der Waals surface area contributed by atoms with Gasteiger partial charge in [-0.15, -0.1) is 11.3 Å². The normalized spacial score (nSPS) is 15.8. The Bertz CT molecular complexity index is 357. The Labute approximate surface area is 86.6 Å². The molecule has 1 saturated carbocycles. The first-order valence-corrected chi connectivity index (χ1v) is 5.37. The Morgan fingerprint density at radius 3 is 2.93 bits per heavy atom. The van der Waals surface area contributed by atoms with E-state index in [0.717, 1.165) is 15.6 Å². The predicted molar refractivity (Wildman–Crippen MR) is 55.8 cm³/mol. The van der Waals surface area contributed by atoms with E-state index in [1.165, 1.54) is 24.2 Å². The smallest absolute Gasteiger partial charge is 0.135 e. The second-order valence-electron chi connectivity index (χ2n) is 3.45. The number of rotatable bonds is 4. The van der Waals surface area contributed by atoms with E-state index >= 15 is 0 Å². The molecule has 3 N–H and O–H groups in total. The van der Waals surface area contributed by atoms with Crippen molar-refractivity contribution in [2.75, 3.05) is 7.11 Å². The summed E-state index contributed by atoms with van der Waals surface area (Å²) in [6.07, 6.45) is 2.44. The van der Waals surface area contributed by atoms with Crippen LogP contribution in [0.5, 0.6) is 0 Å². The fraction of sp³-hybridized carbons (Fsp3) is 0.556. The number of methoxy groups -OCH3 is 1. The highest BCUT2D eigenvalue weighted by Gasteiger charge is 2.28. The molecule has 1 fully saturated rings. The lowest BCUT2D eigenvalue weighted by Crippen LogP contribution is -2.11. The van der Waals surface area contributed by atoms with Gasteiger partial charge in [-0.25, -0.2) is 4.98 Å². The largest absolute Gasteiger partial charge is 0.383 e. The highest BCUT2D eigenvalue weighted by atomic mass is 32.1. The van der Waals surface area contributed by atoms with Crippen LogP contribution in [0.3, 0.4) is 0 Å². The summed E-state index contributed by atoms with van der Waals surface area (Å²) in [6.45, 7) is 0.443. The van der Waals surface area contributed by atoms with Gasteiger partial charge in [0.05, 0.1) is 22.2 Å². The molecule has 0 aliphatic heterocycles. The van der Waals surface area contributed by atoms with E-state index in [-0.39, 0.29) is 5.84 Å². The van der Waals surface area contributed by atoms with Gasteiger partial charge in [0, 0.05) is 13.0 Å². The van der Waals surface area contributed by atoms with Crippen LogP contribution in [-0.4, -0.2) is 17.9 Å². The molecule has 14 heavy (non-hydrogen) atoms. The number of ether oxygens (including phenoxy) is 1. The summed E-state index contributed by atoms with van der Waals surface area (Å²) in [5.74, 6) is 0.713. The lowest BCUT2D eigenvalue weighted by atomic mass is 10.3. The zero-order valence-electron chi connectivity index (χ0n) is 8.04. The minimum atomic E-state index is 0.0986. The third kappa shape index (κ3) is 1.78. The maximum absolute atomic E-state index is 7.42. The fourth-order valence-electron chi connectivity index (χ4n) is 1.32. The molecule has 1 aliphatic rings. The SMILES string of the molecule is COCc1nc(C2CC2)sc1C(=N)N. The summed E-state index contributed by atoms with van der Waals surface area (Å²) in [7, 11) is 1.63. The third-order valence-corrected chi connectivity index (χ3v) is 3.46. The molecule has 0 spiro atoms. The maximum atomic E-state index is 7.42. The molecular formula is C9H13N3OS. The van der Waals surface area contributed by atoms with Crippen LogP contribution in [0.2, 0.25) is 0 Å². The van der Waals surface area contributed by atoms with Crippen LogP contribution in [0.1, 0.15) is 34.3 Å². The van der Waals surface area contributed by atoms with Gasteiger partial charge in [-0.3, -0.25) is 5.41 Å². The maximum Gasteiger partial charge on any atom is 0.135 e. The van der Waals surface area contributed by atoms with Crippen molar-refractivity contribution in [2.45, 2.75) is 25.4 Å². The molecular weight excluding hydrogens is 198 g/mol. The van der Waals surface area contributed by atoms with Crippen molar-refractivity contribution in [3.63, 3.8) is 0 Å². The molecule has 1 aromatic rings. The fourth-order valence-corrected chi connectivity index (χ4v) is 2.42. The molecule has 4 nitrogen and oxygen atoms in total. The summed E-state index contributed by atoms with van der Waals surface area (Å²) in [4.78, 5) is 5.23. The molecule has 0 atom stereocenters. The second kappa shape index (κ2) is 3.67. The Morgan fingerprint density at radius 2 is 2.43 bits per heavy atom. The molecule has 1 aromatic heterocycles. The average Bonchev–Trinajstić information content (AvgIpc) is 2.89. The van der Waals surface area contributed by atoms with Crippen molar-refractivity contribution < 1.29 is 4.74 Å². The Hall–Kier alpha value is -0.940. The zero-order valence-corrected chi connectivity index (χ0v) is 8.86. The van der Waals surface area contributed by atoms with E-state index in [0.29, 0.717) is 12.5 Å². The number of nitrogen functional groups attached to an aromatic ring is 1. The highest BCUT2D eigenvalue weighted by molar-refractivity contribution is 7.14. The zero-order chi connectivity index (χ0) is 10.1. The molecule has 5 heteroatoms. The first kappa shape index (κ1) is 9.61. The summed E-state index contributed by atoms with van der Waals surface area (Å²) < 4.78 is 5.02. The van der Waals surface area contributed by atoms with Gasteiger partial charge >= 0.3 is 0 Å². The van der Waals surface area contributed by atoms with Crippen LogP contribution < -0.4 is 5.73 Å². The van der Waals surface area contributed by atoms with E-state index in [1.54, 1.807) is 7.11 Å². The second-order valence-corrected chi connectivity index (χ2v) is 4.48. The highest BCUT2D eigenvalue weighted by Crippen LogP contribution is 2.42. The van der Waals surface area contributed by atoms with Gasteiger partial charge in [0.1, 0.15) is 5.84 Å². The van der Waals surface area contributed by atoms with Gasteiger partial charge in [-0.1, -0.05) is 0 Å². The van der Waals surface area contributed by atoms with Crippen LogP contribution in [0, 0.1) is 5.41 Å². The van der Waals surface area contributed by atoms with Crippen LogP contribution in [0.15, 0.2) is 0 Å². The van der Waals surface area contributed by atoms with E-state index in [2.05, 4.69) is 4.98 Å². The van der Waals surface area contributed by atoms with Crippen LogP contribution >= 0.6 is 11.3 Å². The Kier molecular flexibility index (Phi) is 2.52. The van der Waals surface area contributed by atoms with Gasteiger partial charge in [-0.2, -0.15) is 0 Å². The third-order valence-electron chi connectivity index (χ3n) is 2.17. The Morgan fingerprint density at radius 1 is 1.71 bits per heavy atom. The van der Waals surface area contributed by atoms with Crippen LogP contribution in [0.4, 0.5) is 0 Å². The van der Waals surface area contributed by atoms with Gasteiger partial charge in [0.25, 0.3) is 0 Å². The number of amidine groups is 1. The standard InChI is InChI=1S/C9H13N3OS/c1-13-4-6-7(8(10)11)14-9(12-6)5-2-3-5/h5H,2-4H2,1H3,(H3,10,11). The predicted octanol–water partition coefficient (Wildman–Crippen LogP) is 1.45. The summed E-state index contributed by atoms with van der Waals surface area (Å²) >= 11 is 1.54. The molecule has 0 amide bonds. The number of hydrogen-bond donors (Lipinski definition) is 2. The van der Waals surface area contributed by atoms with E-state index < -0.39 is 0 Å². The van der Waals surface area contributed by atoms with Crippen molar-refractivity contribution in [1.82, 2.24) is 4.98 Å². The topological polar surface area (TPSA) is 72.0 Å². The Balaban J connectivity index is 2.29. The van der Waals surface area contributed by atoms with Crippen molar-refractivity contribution in [3.05, 3.63) is 15.6 Å². The number of nitrogens with zero attached hydrogens (tertiary/aromatic N) is 1. The van der Waals surface area contributed by atoms with Gasteiger partial charge in [0.15, 0.2) is 0 Å². The summed E-state index contributed by atoms with van der Waals surface area (Å²) in [5.41, 5.74) is 6.29. The van der Waals surface area contributed by atoms with Crippen LogP contribution in [0.25, 0.3) is 0 Å². The average molecular weight is 211 g/mol. The van der Waals surface area contributed by atoms with Gasteiger partial charge in [-0.05, 0) is 12.8 Å². The lowest BCUT2D eigenvalue weighted by Gasteiger charge is -1.97. The minimum Gasteiger partial charge on any atom is -0.383 e. The summed E-state index contributed by atoms with van der Waals surface area (Å²) in [5, 5.41) is 8.54. The van der Waals surface area contributed by atoms with E-state index in [4.69, 9.17) is 15.9 Å². The molecule has 1 heterocycles. The first-order chi connectivity index (χ1) is 6.72. The minimum absolute atomic E-state index is 0.0986. The van der Waals surface area contributed by atoms with E-state index in [1.807, 2.05) is 0 Å². The molecule has 76 valence electrons. The molecule has 2 rings (SSSR count). The molecule has 0 aromatic carbocycles. The number of aromatic nitrogens is 1. The van der Waals surface area contributed by atoms with Crippen molar-refractivity contribution >= 4 is 17.2 Å². The molecule has 1 aliphatic carbocycles. The molecule has 0 bridgehead atoms. The van der Waals surface area contributed by atoms with Crippen LogP contribution in [-0.2, 0) is 11.3 Å². The first-order valence-electron chi connectivity index (χ1n) is 4.55.